The minimum atomic E-state index is -0.299. The van der Waals surface area contributed by atoms with Gasteiger partial charge in [-0.25, -0.2) is 5.43 Å². The molecule has 0 aromatic heterocycles. The number of carbonyl (C=O) groups is 1. The van der Waals surface area contributed by atoms with E-state index in [1.54, 1.807) is 18.2 Å². The van der Waals surface area contributed by atoms with Gasteiger partial charge in [0, 0.05) is 15.6 Å². The zero-order chi connectivity index (χ0) is 17.7. The largest absolute Gasteiger partial charge is 0.504 e. The van der Waals surface area contributed by atoms with Gasteiger partial charge in [-0.3, -0.25) is 4.79 Å². The van der Waals surface area contributed by atoms with E-state index in [2.05, 4.69) is 26.5 Å². The van der Waals surface area contributed by atoms with Gasteiger partial charge in [-0.05, 0) is 50.1 Å². The van der Waals surface area contributed by atoms with Gasteiger partial charge in [-0.2, -0.15) is 5.10 Å². The second kappa shape index (κ2) is 7.97. The van der Waals surface area contributed by atoms with Crippen LogP contribution in [0.15, 0.2) is 39.9 Å². The summed E-state index contributed by atoms with van der Waals surface area (Å²) in [5, 5.41) is 14.1. The van der Waals surface area contributed by atoms with Crippen LogP contribution in [0.2, 0.25) is 0 Å². The number of rotatable bonds is 5. The van der Waals surface area contributed by atoms with Crippen LogP contribution in [-0.4, -0.2) is 23.8 Å². The first-order valence-corrected chi connectivity index (χ1v) is 8.28. The smallest absolute Gasteiger partial charge is 0.271 e. The third-order valence-electron chi connectivity index (χ3n) is 3.59. The number of nitrogens with zero attached hydrogens (tertiary/aromatic N) is 1. The summed E-state index contributed by atoms with van der Waals surface area (Å²) in [6.07, 6.45) is 1.38. The third kappa shape index (κ3) is 4.14. The van der Waals surface area contributed by atoms with Crippen LogP contribution in [0.5, 0.6) is 11.5 Å². The molecule has 2 aromatic rings. The van der Waals surface area contributed by atoms with E-state index in [0.29, 0.717) is 23.5 Å². The summed E-state index contributed by atoms with van der Waals surface area (Å²) < 4.78 is 6.10. The minimum absolute atomic E-state index is 0.0233. The number of nitrogens with one attached hydrogen (secondary N) is 1. The average Bonchev–Trinajstić information content (AvgIpc) is 2.54. The van der Waals surface area contributed by atoms with E-state index in [9.17, 15) is 9.90 Å². The van der Waals surface area contributed by atoms with Crippen molar-refractivity contribution in [2.24, 2.45) is 5.10 Å². The number of hydrazone groups is 1. The molecule has 5 nitrogen and oxygen atoms in total. The number of benzene rings is 2. The van der Waals surface area contributed by atoms with E-state index in [1.165, 1.54) is 6.21 Å². The number of phenols is 1. The summed E-state index contributed by atoms with van der Waals surface area (Å²) in [6.45, 7) is 6.11. The fourth-order valence-corrected chi connectivity index (χ4v) is 2.63. The van der Waals surface area contributed by atoms with Crippen molar-refractivity contribution in [2.75, 3.05) is 6.61 Å². The van der Waals surface area contributed by atoms with Crippen LogP contribution in [0.3, 0.4) is 0 Å². The average molecular weight is 391 g/mol. The van der Waals surface area contributed by atoms with Crippen molar-refractivity contribution in [3.05, 3.63) is 57.1 Å². The van der Waals surface area contributed by atoms with Crippen LogP contribution in [0.25, 0.3) is 0 Å². The molecule has 0 radical (unpaired) electrons. The molecule has 6 heteroatoms. The molecule has 0 aliphatic carbocycles. The number of aryl methyl sites for hydroxylation is 1. The van der Waals surface area contributed by atoms with Crippen LogP contribution in [-0.2, 0) is 0 Å². The highest BCUT2D eigenvalue weighted by molar-refractivity contribution is 9.10. The van der Waals surface area contributed by atoms with Gasteiger partial charge < -0.3 is 9.84 Å². The molecule has 0 bridgehead atoms. The molecule has 126 valence electrons. The zero-order valence-corrected chi connectivity index (χ0v) is 15.3. The fourth-order valence-electron chi connectivity index (χ4n) is 2.18. The number of hydrogen-bond acceptors (Lipinski definition) is 4. The Morgan fingerprint density at radius 1 is 1.38 bits per heavy atom. The summed E-state index contributed by atoms with van der Waals surface area (Å²) >= 11 is 3.35. The Balaban J connectivity index is 2.17. The van der Waals surface area contributed by atoms with Gasteiger partial charge >= 0.3 is 0 Å². The van der Waals surface area contributed by atoms with Gasteiger partial charge in [0.1, 0.15) is 0 Å². The molecule has 0 saturated carbocycles. The molecule has 0 unspecified atom stereocenters. The summed E-state index contributed by atoms with van der Waals surface area (Å²) in [7, 11) is 0. The summed E-state index contributed by atoms with van der Waals surface area (Å²) in [4.78, 5) is 12.2. The number of amides is 1. The second-order valence-electron chi connectivity index (χ2n) is 5.22. The number of ether oxygens (including phenoxy) is 1. The fraction of sp³-hybridized carbons (Fsp3) is 0.222. The maximum atomic E-state index is 12.2. The highest BCUT2D eigenvalue weighted by Gasteiger charge is 2.11. The summed E-state index contributed by atoms with van der Waals surface area (Å²) in [6, 6.07) is 8.88. The molecule has 0 saturated heterocycles. The van der Waals surface area contributed by atoms with Crippen molar-refractivity contribution >= 4 is 28.1 Å². The van der Waals surface area contributed by atoms with Crippen molar-refractivity contribution in [1.29, 1.82) is 0 Å². The summed E-state index contributed by atoms with van der Waals surface area (Å²) in [5.74, 6) is 0.0333. The monoisotopic (exact) mass is 390 g/mol. The van der Waals surface area contributed by atoms with Gasteiger partial charge in [-0.15, -0.1) is 0 Å². The Kier molecular flexibility index (Phi) is 5.98. The molecule has 0 atom stereocenters. The first kappa shape index (κ1) is 18.0. The topological polar surface area (TPSA) is 70.9 Å². The highest BCUT2D eigenvalue weighted by Crippen LogP contribution is 2.32. The van der Waals surface area contributed by atoms with Gasteiger partial charge in [0.15, 0.2) is 11.5 Å². The standard InChI is InChI=1S/C18H19BrN2O3/c1-4-24-16-9-14(19)8-13(17(16)22)10-20-21-18(23)15-7-5-6-11(2)12(15)3/h5-10,22H,4H2,1-3H3,(H,21,23)/b20-10+. The molecule has 0 aliphatic heterocycles. The van der Waals surface area contributed by atoms with Gasteiger partial charge in [0.05, 0.1) is 12.8 Å². The molecule has 0 heterocycles. The highest BCUT2D eigenvalue weighted by atomic mass is 79.9. The second-order valence-corrected chi connectivity index (χ2v) is 6.14. The lowest BCUT2D eigenvalue weighted by atomic mass is 10.0. The molecule has 2 aromatic carbocycles. The van der Waals surface area contributed by atoms with Crippen LogP contribution >= 0.6 is 15.9 Å². The Hall–Kier alpha value is -2.34. The molecule has 2 N–H and O–H groups in total. The molecule has 24 heavy (non-hydrogen) atoms. The first-order valence-electron chi connectivity index (χ1n) is 7.49. The third-order valence-corrected chi connectivity index (χ3v) is 4.05. The van der Waals surface area contributed by atoms with E-state index in [1.807, 2.05) is 32.9 Å². The van der Waals surface area contributed by atoms with Crippen LogP contribution < -0.4 is 10.2 Å². The lowest BCUT2D eigenvalue weighted by Crippen LogP contribution is -2.19. The van der Waals surface area contributed by atoms with Crippen LogP contribution in [0, 0.1) is 13.8 Å². The first-order chi connectivity index (χ1) is 11.4. The number of halogens is 1. The van der Waals surface area contributed by atoms with E-state index in [4.69, 9.17) is 4.74 Å². The van der Waals surface area contributed by atoms with E-state index in [0.717, 1.165) is 15.6 Å². The van der Waals surface area contributed by atoms with E-state index in [-0.39, 0.29) is 11.7 Å². The molecule has 0 spiro atoms. The zero-order valence-electron chi connectivity index (χ0n) is 13.8. The minimum Gasteiger partial charge on any atom is -0.504 e. The lowest BCUT2D eigenvalue weighted by molar-refractivity contribution is 0.0954. The Bertz CT molecular complexity index is 788. The van der Waals surface area contributed by atoms with Crippen molar-refractivity contribution in [1.82, 2.24) is 5.43 Å². The molecule has 1 amide bonds. The number of phenolic OH excluding ortho intramolecular Hbond substituents is 1. The van der Waals surface area contributed by atoms with Gasteiger partial charge in [-0.1, -0.05) is 28.1 Å². The normalized spacial score (nSPS) is 10.8. The SMILES string of the molecule is CCOc1cc(Br)cc(/C=N/NC(=O)c2cccc(C)c2C)c1O. The molecule has 0 fully saturated rings. The van der Waals surface area contributed by atoms with Crippen molar-refractivity contribution in [2.45, 2.75) is 20.8 Å². The van der Waals surface area contributed by atoms with Crippen LogP contribution in [0.1, 0.15) is 34.0 Å². The number of carbonyl (C=O) groups excluding carboxylic acids is 1. The maximum Gasteiger partial charge on any atom is 0.271 e. The Morgan fingerprint density at radius 3 is 2.83 bits per heavy atom. The molecule has 2 rings (SSSR count). The molecular weight excluding hydrogens is 372 g/mol. The molecule has 0 aliphatic rings. The quantitative estimate of drug-likeness (QED) is 0.599. The Labute approximate surface area is 149 Å². The van der Waals surface area contributed by atoms with Gasteiger partial charge in [0.2, 0.25) is 0 Å². The van der Waals surface area contributed by atoms with Gasteiger partial charge in [0.25, 0.3) is 5.91 Å². The van der Waals surface area contributed by atoms with E-state index >= 15 is 0 Å². The molecular formula is C18H19BrN2O3. The lowest BCUT2D eigenvalue weighted by Gasteiger charge is -2.09. The Morgan fingerprint density at radius 2 is 2.12 bits per heavy atom. The van der Waals surface area contributed by atoms with Crippen molar-refractivity contribution < 1.29 is 14.6 Å². The van der Waals surface area contributed by atoms with Crippen molar-refractivity contribution in [3.8, 4) is 11.5 Å². The van der Waals surface area contributed by atoms with Crippen LogP contribution in [0.4, 0.5) is 0 Å². The summed E-state index contributed by atoms with van der Waals surface area (Å²) in [5.41, 5.74) is 5.44. The predicted octanol–water partition coefficient (Wildman–Crippen LogP) is 3.93. The van der Waals surface area contributed by atoms with E-state index < -0.39 is 0 Å². The maximum absolute atomic E-state index is 12.2. The number of hydrogen-bond donors (Lipinski definition) is 2. The predicted molar refractivity (Wildman–Crippen MR) is 98.0 cm³/mol. The van der Waals surface area contributed by atoms with Crippen molar-refractivity contribution in [3.63, 3.8) is 0 Å². The number of aromatic hydroxyl groups is 1.